The van der Waals surface area contributed by atoms with Gasteiger partial charge in [-0.15, -0.1) is 0 Å². The molecule has 1 aromatic heterocycles. The van der Waals surface area contributed by atoms with E-state index in [0.29, 0.717) is 13.1 Å². The van der Waals surface area contributed by atoms with Crippen molar-refractivity contribution < 1.29 is 4.79 Å². The van der Waals surface area contributed by atoms with Crippen molar-refractivity contribution in [2.24, 2.45) is 0 Å². The predicted octanol–water partition coefficient (Wildman–Crippen LogP) is 1.99. The zero-order valence-corrected chi connectivity index (χ0v) is 13.7. The Bertz CT molecular complexity index is 631. The van der Waals surface area contributed by atoms with Crippen molar-refractivity contribution in [3.63, 3.8) is 0 Å². The molecule has 23 heavy (non-hydrogen) atoms. The fourth-order valence-corrected chi connectivity index (χ4v) is 2.97. The van der Waals surface area contributed by atoms with Gasteiger partial charge >= 0.3 is 0 Å². The van der Waals surface area contributed by atoms with Crippen molar-refractivity contribution in [1.82, 2.24) is 19.4 Å². The van der Waals surface area contributed by atoms with Crippen LogP contribution < -0.4 is 0 Å². The monoisotopic (exact) mass is 312 g/mol. The molecule has 3 rings (SSSR count). The van der Waals surface area contributed by atoms with Crippen LogP contribution in [-0.2, 0) is 17.9 Å². The van der Waals surface area contributed by atoms with Gasteiger partial charge in [0.25, 0.3) is 0 Å². The highest BCUT2D eigenvalue weighted by molar-refractivity contribution is 5.77. The molecule has 2 heterocycles. The second-order valence-corrected chi connectivity index (χ2v) is 6.19. The van der Waals surface area contributed by atoms with Gasteiger partial charge in [0.1, 0.15) is 5.82 Å². The number of hydrogen-bond donors (Lipinski definition) is 0. The van der Waals surface area contributed by atoms with Crippen LogP contribution in [0.15, 0.2) is 42.7 Å². The quantitative estimate of drug-likeness (QED) is 0.819. The normalized spacial score (nSPS) is 15.0. The Morgan fingerprint density at radius 1 is 1.22 bits per heavy atom. The number of imidazole rings is 1. The Morgan fingerprint density at radius 2 is 1.96 bits per heavy atom. The van der Waals surface area contributed by atoms with E-state index in [4.69, 9.17) is 0 Å². The van der Waals surface area contributed by atoms with Crippen molar-refractivity contribution in [3.05, 3.63) is 54.1 Å². The Hall–Kier alpha value is -2.14. The fourth-order valence-electron chi connectivity index (χ4n) is 2.97. The van der Waals surface area contributed by atoms with Gasteiger partial charge in [0.05, 0.1) is 13.1 Å². The van der Waals surface area contributed by atoms with Crippen LogP contribution in [0.1, 0.15) is 24.2 Å². The molecule has 0 atom stereocenters. The molecule has 122 valence electrons. The molecule has 2 aromatic rings. The van der Waals surface area contributed by atoms with E-state index in [1.807, 2.05) is 31.4 Å². The fraction of sp³-hybridized carbons (Fsp3) is 0.444. The summed E-state index contributed by atoms with van der Waals surface area (Å²) in [5, 5.41) is 0. The molecule has 1 fully saturated rings. The molecule has 0 bridgehead atoms. The zero-order valence-electron chi connectivity index (χ0n) is 13.7. The Morgan fingerprint density at radius 3 is 2.70 bits per heavy atom. The molecule has 5 nitrogen and oxygen atoms in total. The SMILES string of the molecule is CN(Cc1nccn1Cc1ccccc1)C(=O)CN1CCCC1. The number of rotatable bonds is 6. The van der Waals surface area contributed by atoms with Gasteiger partial charge in [0, 0.05) is 26.0 Å². The molecule has 1 saturated heterocycles. The Balaban J connectivity index is 1.59. The minimum atomic E-state index is 0.168. The summed E-state index contributed by atoms with van der Waals surface area (Å²) in [5.74, 6) is 1.09. The molecule has 1 aliphatic heterocycles. The smallest absolute Gasteiger partial charge is 0.236 e. The highest BCUT2D eigenvalue weighted by Gasteiger charge is 2.18. The van der Waals surface area contributed by atoms with Crippen molar-refractivity contribution in [1.29, 1.82) is 0 Å². The number of nitrogens with zero attached hydrogens (tertiary/aromatic N) is 4. The van der Waals surface area contributed by atoms with E-state index in [2.05, 4.69) is 26.6 Å². The number of benzene rings is 1. The summed E-state index contributed by atoms with van der Waals surface area (Å²) < 4.78 is 2.11. The van der Waals surface area contributed by atoms with Crippen LogP contribution in [0.4, 0.5) is 0 Å². The lowest BCUT2D eigenvalue weighted by Gasteiger charge is -2.21. The second-order valence-electron chi connectivity index (χ2n) is 6.19. The lowest BCUT2D eigenvalue weighted by atomic mass is 10.2. The van der Waals surface area contributed by atoms with Gasteiger partial charge in [-0.05, 0) is 31.5 Å². The second kappa shape index (κ2) is 7.42. The summed E-state index contributed by atoms with van der Waals surface area (Å²) >= 11 is 0. The number of likely N-dealkylation sites (N-methyl/N-ethyl adjacent to an activating group) is 1. The third-order valence-electron chi connectivity index (χ3n) is 4.36. The third kappa shape index (κ3) is 4.20. The molecular formula is C18H24N4O. The van der Waals surface area contributed by atoms with Gasteiger partial charge < -0.3 is 9.47 Å². The maximum Gasteiger partial charge on any atom is 0.236 e. The van der Waals surface area contributed by atoms with Crippen molar-refractivity contribution in [2.45, 2.75) is 25.9 Å². The van der Waals surface area contributed by atoms with Crippen LogP contribution in [0.5, 0.6) is 0 Å². The third-order valence-corrected chi connectivity index (χ3v) is 4.36. The van der Waals surface area contributed by atoms with Crippen LogP contribution in [0, 0.1) is 0 Å². The lowest BCUT2D eigenvalue weighted by Crippen LogP contribution is -2.37. The first-order valence-electron chi connectivity index (χ1n) is 8.22. The van der Waals surface area contributed by atoms with Gasteiger partial charge in [-0.3, -0.25) is 9.69 Å². The molecular weight excluding hydrogens is 288 g/mol. The van der Waals surface area contributed by atoms with Crippen LogP contribution in [0.3, 0.4) is 0 Å². The van der Waals surface area contributed by atoms with Crippen LogP contribution >= 0.6 is 0 Å². The first-order valence-corrected chi connectivity index (χ1v) is 8.22. The maximum atomic E-state index is 12.3. The summed E-state index contributed by atoms with van der Waals surface area (Å²) in [4.78, 5) is 20.8. The molecule has 0 spiro atoms. The van der Waals surface area contributed by atoms with Gasteiger partial charge in [-0.2, -0.15) is 0 Å². The van der Waals surface area contributed by atoms with E-state index >= 15 is 0 Å². The Kier molecular flexibility index (Phi) is 5.08. The summed E-state index contributed by atoms with van der Waals surface area (Å²) in [6, 6.07) is 10.3. The molecule has 1 amide bonds. The number of amides is 1. The molecule has 5 heteroatoms. The standard InChI is InChI=1S/C18H24N4O/c1-20(18(23)15-21-10-5-6-11-21)14-17-19-9-12-22(17)13-16-7-3-2-4-8-16/h2-4,7-9,12H,5-6,10-11,13-15H2,1H3. The molecule has 0 saturated carbocycles. The minimum absolute atomic E-state index is 0.168. The average Bonchev–Trinajstić information content (AvgIpc) is 3.21. The number of carbonyl (C=O) groups is 1. The number of likely N-dealkylation sites (tertiary alicyclic amines) is 1. The molecule has 0 aliphatic carbocycles. The lowest BCUT2D eigenvalue weighted by molar-refractivity contribution is -0.131. The molecule has 1 aliphatic rings. The maximum absolute atomic E-state index is 12.3. The molecule has 0 unspecified atom stereocenters. The first-order chi connectivity index (χ1) is 11.2. The van der Waals surface area contributed by atoms with E-state index in [0.717, 1.165) is 25.5 Å². The van der Waals surface area contributed by atoms with E-state index in [1.165, 1.54) is 18.4 Å². The van der Waals surface area contributed by atoms with Crippen LogP contribution in [-0.4, -0.2) is 51.9 Å². The van der Waals surface area contributed by atoms with Crippen LogP contribution in [0.25, 0.3) is 0 Å². The van der Waals surface area contributed by atoms with Crippen molar-refractivity contribution >= 4 is 5.91 Å². The number of carbonyl (C=O) groups excluding carboxylic acids is 1. The number of aromatic nitrogens is 2. The van der Waals surface area contributed by atoms with Gasteiger partial charge in [-0.25, -0.2) is 4.98 Å². The molecule has 0 N–H and O–H groups in total. The van der Waals surface area contributed by atoms with E-state index in [-0.39, 0.29) is 5.91 Å². The zero-order chi connectivity index (χ0) is 16.1. The van der Waals surface area contributed by atoms with Crippen molar-refractivity contribution in [3.8, 4) is 0 Å². The summed E-state index contributed by atoms with van der Waals surface area (Å²) in [5.41, 5.74) is 1.23. The molecule has 1 aromatic carbocycles. The summed E-state index contributed by atoms with van der Waals surface area (Å²) in [7, 11) is 1.86. The van der Waals surface area contributed by atoms with Gasteiger partial charge in [-0.1, -0.05) is 30.3 Å². The Labute approximate surface area is 137 Å². The largest absolute Gasteiger partial charge is 0.337 e. The summed E-state index contributed by atoms with van der Waals surface area (Å²) in [6.45, 7) is 3.94. The molecule has 0 radical (unpaired) electrons. The highest BCUT2D eigenvalue weighted by Crippen LogP contribution is 2.10. The minimum Gasteiger partial charge on any atom is -0.337 e. The van der Waals surface area contributed by atoms with Crippen LogP contribution in [0.2, 0.25) is 0 Å². The highest BCUT2D eigenvalue weighted by atomic mass is 16.2. The summed E-state index contributed by atoms with van der Waals surface area (Å²) in [6.07, 6.45) is 6.19. The van der Waals surface area contributed by atoms with Crippen molar-refractivity contribution in [2.75, 3.05) is 26.7 Å². The van der Waals surface area contributed by atoms with E-state index in [1.54, 1.807) is 11.1 Å². The van der Waals surface area contributed by atoms with Gasteiger partial charge in [0.15, 0.2) is 0 Å². The van der Waals surface area contributed by atoms with E-state index in [9.17, 15) is 4.79 Å². The first kappa shape index (κ1) is 15.7. The number of hydrogen-bond acceptors (Lipinski definition) is 3. The predicted molar refractivity (Wildman–Crippen MR) is 89.9 cm³/mol. The van der Waals surface area contributed by atoms with Gasteiger partial charge in [0.2, 0.25) is 5.91 Å². The van der Waals surface area contributed by atoms with E-state index < -0.39 is 0 Å². The topological polar surface area (TPSA) is 41.4 Å². The average molecular weight is 312 g/mol.